The third-order valence-electron chi connectivity index (χ3n) is 2.45. The maximum atomic E-state index is 9.03. The number of rotatable bonds is 2. The van der Waals surface area contributed by atoms with Crippen LogP contribution in [0.1, 0.15) is 23.9 Å². The molecule has 2 aromatic rings. The molecule has 0 atom stereocenters. The van der Waals surface area contributed by atoms with E-state index in [2.05, 4.69) is 16.0 Å². The van der Waals surface area contributed by atoms with Gasteiger partial charge >= 0.3 is 0 Å². The molecular weight excluding hydrogens is 202 g/mol. The minimum Gasteiger partial charge on any atom is -0.472 e. The summed E-state index contributed by atoms with van der Waals surface area (Å²) in [4.78, 5) is 8.61. The molecule has 0 aliphatic heterocycles. The van der Waals surface area contributed by atoms with E-state index in [1.54, 1.807) is 18.6 Å². The second-order valence-electron chi connectivity index (χ2n) is 3.44. The first-order valence-electron chi connectivity index (χ1n) is 5.06. The molecule has 4 nitrogen and oxygen atoms in total. The fourth-order valence-electron chi connectivity index (χ4n) is 1.63. The molecule has 0 aliphatic rings. The Kier molecular flexibility index (Phi) is 2.69. The molecule has 0 radical (unpaired) electrons. The van der Waals surface area contributed by atoms with Crippen LogP contribution in [0.25, 0.3) is 11.4 Å². The largest absolute Gasteiger partial charge is 0.472 e. The van der Waals surface area contributed by atoms with Gasteiger partial charge in [-0.2, -0.15) is 5.26 Å². The molecule has 2 heterocycles. The molecule has 0 N–H and O–H groups in total. The Morgan fingerprint density at radius 3 is 2.81 bits per heavy atom. The number of furan rings is 1. The Hall–Kier alpha value is -2.15. The van der Waals surface area contributed by atoms with Gasteiger partial charge in [0.05, 0.1) is 11.8 Å². The van der Waals surface area contributed by atoms with E-state index in [0.717, 1.165) is 23.2 Å². The van der Waals surface area contributed by atoms with Crippen molar-refractivity contribution >= 4 is 0 Å². The summed E-state index contributed by atoms with van der Waals surface area (Å²) in [5.74, 6) is 0.542. The maximum absolute atomic E-state index is 9.03. The van der Waals surface area contributed by atoms with Gasteiger partial charge in [-0.05, 0) is 19.4 Å². The third kappa shape index (κ3) is 1.68. The molecule has 80 valence electrons. The molecule has 0 saturated heterocycles. The zero-order valence-electron chi connectivity index (χ0n) is 9.19. The first-order chi connectivity index (χ1) is 7.76. The van der Waals surface area contributed by atoms with Crippen molar-refractivity contribution in [2.45, 2.75) is 20.3 Å². The van der Waals surface area contributed by atoms with Gasteiger partial charge in [0, 0.05) is 11.3 Å². The first-order valence-corrected chi connectivity index (χ1v) is 5.06. The number of hydrogen-bond acceptors (Lipinski definition) is 4. The van der Waals surface area contributed by atoms with Crippen molar-refractivity contribution < 1.29 is 4.42 Å². The van der Waals surface area contributed by atoms with Crippen LogP contribution in [0.2, 0.25) is 0 Å². The van der Waals surface area contributed by atoms with Crippen molar-refractivity contribution in [3.63, 3.8) is 0 Å². The number of aryl methyl sites for hydroxylation is 1. The third-order valence-corrected chi connectivity index (χ3v) is 2.45. The molecule has 0 bridgehead atoms. The Bertz CT molecular complexity index is 538. The van der Waals surface area contributed by atoms with Crippen LogP contribution in [0.4, 0.5) is 0 Å². The molecule has 0 unspecified atom stereocenters. The zero-order valence-corrected chi connectivity index (χ0v) is 9.19. The highest BCUT2D eigenvalue weighted by Crippen LogP contribution is 2.19. The lowest BCUT2D eigenvalue weighted by molar-refractivity contribution is 0.568. The highest BCUT2D eigenvalue weighted by molar-refractivity contribution is 5.54. The van der Waals surface area contributed by atoms with Crippen molar-refractivity contribution in [3.8, 4) is 17.5 Å². The summed E-state index contributed by atoms with van der Waals surface area (Å²) in [5.41, 5.74) is 3.01. The summed E-state index contributed by atoms with van der Waals surface area (Å²) in [5, 5.41) is 9.03. The number of hydrogen-bond donors (Lipinski definition) is 0. The average molecular weight is 213 g/mol. The lowest BCUT2D eigenvalue weighted by Gasteiger charge is -2.05. The van der Waals surface area contributed by atoms with Gasteiger partial charge in [0.2, 0.25) is 0 Å². The Labute approximate surface area is 93.6 Å². The smallest absolute Gasteiger partial charge is 0.164 e. The van der Waals surface area contributed by atoms with E-state index < -0.39 is 0 Å². The molecule has 0 amide bonds. The predicted octanol–water partition coefficient (Wildman–Crippen LogP) is 2.48. The van der Waals surface area contributed by atoms with Gasteiger partial charge in [0.1, 0.15) is 18.0 Å². The lowest BCUT2D eigenvalue weighted by atomic mass is 10.1. The quantitative estimate of drug-likeness (QED) is 0.768. The molecule has 0 aromatic carbocycles. The van der Waals surface area contributed by atoms with Gasteiger partial charge in [-0.25, -0.2) is 9.97 Å². The van der Waals surface area contributed by atoms with Crippen LogP contribution in [-0.4, -0.2) is 9.97 Å². The van der Waals surface area contributed by atoms with E-state index in [0.29, 0.717) is 11.5 Å². The normalized spacial score (nSPS) is 10.1. The molecule has 2 aromatic heterocycles. The van der Waals surface area contributed by atoms with Crippen molar-refractivity contribution in [2.24, 2.45) is 0 Å². The molecule has 0 saturated carbocycles. The topological polar surface area (TPSA) is 62.7 Å². The summed E-state index contributed by atoms with van der Waals surface area (Å²) in [6, 6.07) is 3.89. The highest BCUT2D eigenvalue weighted by Gasteiger charge is 2.11. The van der Waals surface area contributed by atoms with Crippen LogP contribution in [0.5, 0.6) is 0 Å². The van der Waals surface area contributed by atoms with Crippen molar-refractivity contribution in [3.05, 3.63) is 35.5 Å². The van der Waals surface area contributed by atoms with Gasteiger partial charge < -0.3 is 4.42 Å². The first kappa shape index (κ1) is 10.4. The Morgan fingerprint density at radius 1 is 1.44 bits per heavy atom. The Balaban J connectivity index is 2.60. The minimum atomic E-state index is 0.450. The standard InChI is InChI=1S/C12H11N3O/c1-3-10-8(2)14-12(15-11(10)6-13)9-4-5-16-7-9/h4-5,7H,3H2,1-2H3. The SMILES string of the molecule is CCc1c(C)nc(-c2ccoc2)nc1C#N. The zero-order chi connectivity index (χ0) is 11.5. The summed E-state index contributed by atoms with van der Waals surface area (Å²) < 4.78 is 4.98. The second-order valence-corrected chi connectivity index (χ2v) is 3.44. The summed E-state index contributed by atoms with van der Waals surface area (Å²) in [6.07, 6.45) is 3.90. The number of aromatic nitrogens is 2. The van der Waals surface area contributed by atoms with Gasteiger partial charge in [-0.15, -0.1) is 0 Å². The Morgan fingerprint density at radius 2 is 2.25 bits per heavy atom. The molecule has 0 spiro atoms. The molecule has 0 fully saturated rings. The van der Waals surface area contributed by atoms with E-state index in [9.17, 15) is 0 Å². The molecule has 16 heavy (non-hydrogen) atoms. The van der Waals surface area contributed by atoms with E-state index in [4.69, 9.17) is 9.68 Å². The van der Waals surface area contributed by atoms with Crippen LogP contribution < -0.4 is 0 Å². The highest BCUT2D eigenvalue weighted by atomic mass is 16.3. The van der Waals surface area contributed by atoms with Crippen molar-refractivity contribution in [1.29, 1.82) is 5.26 Å². The summed E-state index contributed by atoms with van der Waals surface area (Å²) in [7, 11) is 0. The predicted molar refractivity (Wildman–Crippen MR) is 58.6 cm³/mol. The van der Waals surface area contributed by atoms with Crippen LogP contribution in [0.3, 0.4) is 0 Å². The molecular formula is C12H11N3O. The van der Waals surface area contributed by atoms with Crippen LogP contribution in [0, 0.1) is 18.3 Å². The summed E-state index contributed by atoms with van der Waals surface area (Å²) >= 11 is 0. The van der Waals surface area contributed by atoms with E-state index >= 15 is 0 Å². The summed E-state index contributed by atoms with van der Waals surface area (Å²) in [6.45, 7) is 3.88. The number of nitriles is 1. The second kappa shape index (κ2) is 4.15. The van der Waals surface area contributed by atoms with Crippen molar-refractivity contribution in [2.75, 3.05) is 0 Å². The number of nitrogens with zero attached hydrogens (tertiary/aromatic N) is 3. The van der Waals surface area contributed by atoms with Gasteiger partial charge in [0.25, 0.3) is 0 Å². The average Bonchev–Trinajstić information content (AvgIpc) is 2.81. The van der Waals surface area contributed by atoms with E-state index in [1.165, 1.54) is 0 Å². The fraction of sp³-hybridized carbons (Fsp3) is 0.250. The van der Waals surface area contributed by atoms with Crippen molar-refractivity contribution in [1.82, 2.24) is 9.97 Å². The maximum Gasteiger partial charge on any atom is 0.164 e. The fourth-order valence-corrected chi connectivity index (χ4v) is 1.63. The van der Waals surface area contributed by atoms with Crippen LogP contribution in [0.15, 0.2) is 23.0 Å². The monoisotopic (exact) mass is 213 g/mol. The molecule has 4 heteroatoms. The van der Waals surface area contributed by atoms with Gasteiger partial charge in [-0.3, -0.25) is 0 Å². The lowest BCUT2D eigenvalue weighted by Crippen LogP contribution is -2.02. The van der Waals surface area contributed by atoms with Gasteiger partial charge in [0.15, 0.2) is 5.82 Å². The van der Waals surface area contributed by atoms with E-state index in [-0.39, 0.29) is 0 Å². The minimum absolute atomic E-state index is 0.450. The molecule has 0 aliphatic carbocycles. The van der Waals surface area contributed by atoms with Crippen LogP contribution >= 0.6 is 0 Å². The molecule has 2 rings (SSSR count). The van der Waals surface area contributed by atoms with Crippen LogP contribution in [-0.2, 0) is 6.42 Å². The van der Waals surface area contributed by atoms with E-state index in [1.807, 2.05) is 13.8 Å². The van der Waals surface area contributed by atoms with Gasteiger partial charge in [-0.1, -0.05) is 6.92 Å².